The van der Waals surface area contributed by atoms with Crippen molar-refractivity contribution < 1.29 is 24.5 Å². The van der Waals surface area contributed by atoms with Gasteiger partial charge in [-0.05, 0) is 51.4 Å². The zero-order chi connectivity index (χ0) is 43.1. The summed E-state index contributed by atoms with van der Waals surface area (Å²) in [6, 6.07) is -0.699. The molecule has 0 fully saturated rings. The monoisotopic (exact) mass is 834 g/mol. The molecule has 0 rings (SSSR count). The molecule has 0 aromatic carbocycles. The van der Waals surface area contributed by atoms with Crippen molar-refractivity contribution >= 4 is 11.9 Å². The maximum atomic E-state index is 13.2. The molecule has 3 unspecified atom stereocenters. The van der Waals surface area contributed by atoms with Gasteiger partial charge in [-0.1, -0.05) is 238 Å². The number of allylic oxidation sites excluding steroid dienone is 2. The molecule has 0 aliphatic rings. The van der Waals surface area contributed by atoms with E-state index in [1.807, 2.05) is 0 Å². The van der Waals surface area contributed by atoms with Gasteiger partial charge in [0.2, 0.25) is 5.91 Å². The second-order valence-electron chi connectivity index (χ2n) is 18.3. The van der Waals surface area contributed by atoms with Crippen LogP contribution in [-0.4, -0.2) is 46.9 Å². The largest absolute Gasteiger partial charge is 0.462 e. The maximum Gasteiger partial charge on any atom is 0.306 e. The van der Waals surface area contributed by atoms with E-state index in [1.165, 1.54) is 180 Å². The van der Waals surface area contributed by atoms with Crippen molar-refractivity contribution in [1.82, 2.24) is 5.32 Å². The molecule has 350 valence electrons. The van der Waals surface area contributed by atoms with Crippen LogP contribution in [0.1, 0.15) is 290 Å². The van der Waals surface area contributed by atoms with Crippen LogP contribution in [0.15, 0.2) is 12.2 Å². The molecule has 0 heterocycles. The molecule has 1 amide bonds. The normalized spacial score (nSPS) is 13.2. The van der Waals surface area contributed by atoms with Crippen molar-refractivity contribution in [1.29, 1.82) is 0 Å². The highest BCUT2D eigenvalue weighted by Gasteiger charge is 2.24. The lowest BCUT2D eigenvalue weighted by Crippen LogP contribution is -2.46. The Balaban J connectivity index is 4.42. The third kappa shape index (κ3) is 43.1. The zero-order valence-corrected chi connectivity index (χ0v) is 39.9. The van der Waals surface area contributed by atoms with Crippen molar-refractivity contribution in [3.05, 3.63) is 12.2 Å². The topological polar surface area (TPSA) is 95.9 Å². The number of carbonyl (C=O) groups excluding carboxylic acids is 2. The third-order valence-electron chi connectivity index (χ3n) is 12.3. The van der Waals surface area contributed by atoms with E-state index in [4.69, 9.17) is 4.74 Å². The van der Waals surface area contributed by atoms with E-state index in [1.54, 1.807) is 0 Å². The van der Waals surface area contributed by atoms with Crippen LogP contribution in [0.3, 0.4) is 0 Å². The fraction of sp³-hybridized carbons (Fsp3) is 0.925. The summed E-state index contributed by atoms with van der Waals surface area (Å²) in [5.41, 5.74) is 0. The zero-order valence-electron chi connectivity index (χ0n) is 39.9. The van der Waals surface area contributed by atoms with E-state index in [0.29, 0.717) is 19.3 Å². The first-order chi connectivity index (χ1) is 29.0. The second-order valence-corrected chi connectivity index (χ2v) is 18.3. The van der Waals surface area contributed by atoms with Crippen molar-refractivity contribution in [3.8, 4) is 0 Å². The third-order valence-corrected chi connectivity index (χ3v) is 12.3. The van der Waals surface area contributed by atoms with Gasteiger partial charge < -0.3 is 20.3 Å². The number of amides is 1. The Kier molecular flexibility index (Phi) is 46.5. The molecule has 3 N–H and O–H groups in total. The number of carbonyl (C=O) groups is 2. The quantitative estimate of drug-likeness (QED) is 0.0322. The molecule has 0 radical (unpaired) electrons. The number of aliphatic hydroxyl groups is 2. The molecule has 0 spiro atoms. The summed E-state index contributed by atoms with van der Waals surface area (Å²) in [6.45, 7) is 6.47. The fourth-order valence-corrected chi connectivity index (χ4v) is 8.31. The summed E-state index contributed by atoms with van der Waals surface area (Å²) in [5.74, 6) is -0.473. The summed E-state index contributed by atoms with van der Waals surface area (Å²) in [4.78, 5) is 26.1. The Morgan fingerprint density at radius 2 is 0.814 bits per heavy atom. The van der Waals surface area contributed by atoms with Crippen molar-refractivity contribution in [2.45, 2.75) is 309 Å². The van der Waals surface area contributed by atoms with Gasteiger partial charge in [0.1, 0.15) is 6.10 Å². The van der Waals surface area contributed by atoms with E-state index < -0.39 is 18.2 Å². The molecule has 0 aromatic rings. The van der Waals surface area contributed by atoms with E-state index in [0.717, 1.165) is 64.2 Å². The Labute approximate surface area is 368 Å². The van der Waals surface area contributed by atoms with Gasteiger partial charge in [-0.2, -0.15) is 0 Å². The molecule has 0 aliphatic carbocycles. The molecule has 0 saturated heterocycles. The number of esters is 1. The molecule has 0 saturated carbocycles. The predicted octanol–water partition coefficient (Wildman–Crippen LogP) is 15.7. The van der Waals surface area contributed by atoms with Crippen LogP contribution < -0.4 is 5.32 Å². The highest BCUT2D eigenvalue weighted by atomic mass is 16.5. The van der Waals surface area contributed by atoms with Gasteiger partial charge in [-0.15, -0.1) is 0 Å². The summed E-state index contributed by atoms with van der Waals surface area (Å²) in [5, 5.41) is 23.7. The summed E-state index contributed by atoms with van der Waals surface area (Å²) < 4.78 is 5.92. The molecule has 0 bridgehead atoms. The average Bonchev–Trinajstić information content (AvgIpc) is 3.23. The summed E-state index contributed by atoms with van der Waals surface area (Å²) in [6.07, 6.45) is 52.8. The van der Waals surface area contributed by atoms with Gasteiger partial charge in [-0.3, -0.25) is 9.59 Å². The molecular weight excluding hydrogens is 731 g/mol. The first-order valence-corrected chi connectivity index (χ1v) is 26.4. The second kappa shape index (κ2) is 47.6. The Bertz CT molecular complexity index is 893. The van der Waals surface area contributed by atoms with E-state index >= 15 is 0 Å². The van der Waals surface area contributed by atoms with Gasteiger partial charge in [0.05, 0.1) is 25.2 Å². The van der Waals surface area contributed by atoms with E-state index in [9.17, 15) is 19.8 Å². The number of hydrogen-bond donors (Lipinski definition) is 3. The Hall–Kier alpha value is -1.40. The molecule has 6 heteroatoms. The van der Waals surface area contributed by atoms with Crippen LogP contribution in [0.25, 0.3) is 0 Å². The predicted molar refractivity (Wildman–Crippen MR) is 255 cm³/mol. The highest BCUT2D eigenvalue weighted by Crippen LogP contribution is 2.18. The molecule has 0 aliphatic heterocycles. The van der Waals surface area contributed by atoms with Gasteiger partial charge in [0.15, 0.2) is 0 Å². The minimum atomic E-state index is -0.785. The molecule has 59 heavy (non-hydrogen) atoms. The van der Waals surface area contributed by atoms with Gasteiger partial charge in [0.25, 0.3) is 0 Å². The van der Waals surface area contributed by atoms with E-state index in [2.05, 4.69) is 38.2 Å². The van der Waals surface area contributed by atoms with Crippen LogP contribution in [0.5, 0.6) is 0 Å². The van der Waals surface area contributed by atoms with Crippen LogP contribution in [0.4, 0.5) is 0 Å². The highest BCUT2D eigenvalue weighted by molar-refractivity contribution is 5.77. The van der Waals surface area contributed by atoms with Crippen LogP contribution in [-0.2, 0) is 14.3 Å². The van der Waals surface area contributed by atoms with Gasteiger partial charge >= 0.3 is 5.97 Å². The minimum absolute atomic E-state index is 0.0734. The summed E-state index contributed by atoms with van der Waals surface area (Å²) in [7, 11) is 0. The van der Waals surface area contributed by atoms with Crippen molar-refractivity contribution in [2.24, 2.45) is 0 Å². The number of hydrogen-bond acceptors (Lipinski definition) is 5. The number of unbranched alkanes of at least 4 members (excludes halogenated alkanes) is 34. The lowest BCUT2D eigenvalue weighted by Gasteiger charge is -2.24. The lowest BCUT2D eigenvalue weighted by molar-refractivity contribution is -0.151. The number of rotatable bonds is 48. The molecule has 0 aromatic heterocycles. The van der Waals surface area contributed by atoms with E-state index in [-0.39, 0.29) is 24.9 Å². The SMILES string of the molecule is CCCCC/C=C\CCCCCC(CC(=O)NC(CO)C(O)CCCCCCCCCCCCCC)OC(=O)CCCCCCCCCCCCCCCCCCCC. The average molecular weight is 834 g/mol. The van der Waals surface area contributed by atoms with Gasteiger partial charge in [-0.25, -0.2) is 0 Å². The summed E-state index contributed by atoms with van der Waals surface area (Å²) >= 11 is 0. The standard InChI is InChI=1S/C53H103NO5/c1-4-7-10-13-16-19-22-24-25-26-27-28-29-31-34-37-40-43-46-53(58)59-49(44-41-38-35-32-21-18-15-12-9-6-3)47-52(57)54-50(48-55)51(56)45-42-39-36-33-30-23-20-17-14-11-8-5-2/h18,21,49-51,55-56H,4-17,19-20,22-48H2,1-3H3,(H,54,57)/b21-18-. The number of nitrogens with one attached hydrogen (secondary N) is 1. The van der Waals surface area contributed by atoms with Gasteiger partial charge in [0, 0.05) is 6.42 Å². The van der Waals surface area contributed by atoms with Crippen molar-refractivity contribution in [2.75, 3.05) is 6.61 Å². The first-order valence-electron chi connectivity index (χ1n) is 26.4. The van der Waals surface area contributed by atoms with Crippen molar-refractivity contribution in [3.63, 3.8) is 0 Å². The smallest absolute Gasteiger partial charge is 0.306 e. The Morgan fingerprint density at radius 3 is 1.24 bits per heavy atom. The number of aliphatic hydroxyl groups excluding tert-OH is 2. The molecular formula is C53H103NO5. The minimum Gasteiger partial charge on any atom is -0.462 e. The Morgan fingerprint density at radius 1 is 0.475 bits per heavy atom. The molecule has 3 atom stereocenters. The first kappa shape index (κ1) is 57.6. The fourth-order valence-electron chi connectivity index (χ4n) is 8.31. The lowest BCUT2D eigenvalue weighted by atomic mass is 10.0. The number of ether oxygens (including phenoxy) is 1. The van der Waals surface area contributed by atoms with Crippen LogP contribution in [0, 0.1) is 0 Å². The van der Waals surface area contributed by atoms with Crippen LogP contribution >= 0.6 is 0 Å². The molecule has 6 nitrogen and oxygen atoms in total. The maximum absolute atomic E-state index is 13.2. The van der Waals surface area contributed by atoms with Crippen LogP contribution in [0.2, 0.25) is 0 Å².